The summed E-state index contributed by atoms with van der Waals surface area (Å²) in [6, 6.07) is 7.09. The molecule has 1 heterocycles. The van der Waals surface area contributed by atoms with Crippen LogP contribution in [-0.2, 0) is 14.6 Å². The van der Waals surface area contributed by atoms with E-state index in [1.165, 1.54) is 0 Å². The van der Waals surface area contributed by atoms with E-state index in [1.54, 1.807) is 7.11 Å². The SMILES string of the molecule is COc1ccc(OCCNCCC(=O)NC2CCS(=O)(=O)C2)cc1. The normalized spacial score (nSPS) is 19.0. The van der Waals surface area contributed by atoms with Crippen LogP contribution in [0.5, 0.6) is 11.5 Å². The summed E-state index contributed by atoms with van der Waals surface area (Å²) in [7, 11) is -1.35. The Bertz CT molecular complexity index is 630. The fraction of sp³-hybridized carbons (Fsp3) is 0.562. The van der Waals surface area contributed by atoms with Gasteiger partial charge in [-0.2, -0.15) is 0 Å². The lowest BCUT2D eigenvalue weighted by Crippen LogP contribution is -2.37. The highest BCUT2D eigenvalue weighted by Crippen LogP contribution is 2.16. The number of benzene rings is 1. The summed E-state index contributed by atoms with van der Waals surface area (Å²) in [6.07, 6.45) is 0.830. The van der Waals surface area contributed by atoms with Gasteiger partial charge in [-0.1, -0.05) is 0 Å². The molecule has 134 valence electrons. The van der Waals surface area contributed by atoms with Gasteiger partial charge in [-0.25, -0.2) is 8.42 Å². The molecule has 1 saturated heterocycles. The maximum Gasteiger partial charge on any atom is 0.221 e. The van der Waals surface area contributed by atoms with Crippen molar-refractivity contribution in [1.29, 1.82) is 0 Å². The number of nitrogens with one attached hydrogen (secondary N) is 2. The van der Waals surface area contributed by atoms with Gasteiger partial charge in [0.05, 0.1) is 18.6 Å². The van der Waals surface area contributed by atoms with Crippen LogP contribution in [0.2, 0.25) is 0 Å². The zero-order chi connectivity index (χ0) is 17.4. The van der Waals surface area contributed by atoms with Crippen LogP contribution in [0.4, 0.5) is 0 Å². The summed E-state index contributed by atoms with van der Waals surface area (Å²) < 4.78 is 33.3. The number of rotatable bonds is 9. The molecule has 1 aliphatic heterocycles. The molecule has 24 heavy (non-hydrogen) atoms. The van der Waals surface area contributed by atoms with Gasteiger partial charge in [0, 0.05) is 25.6 Å². The molecule has 1 unspecified atom stereocenters. The Morgan fingerprint density at radius 2 is 1.92 bits per heavy atom. The molecule has 0 aromatic heterocycles. The van der Waals surface area contributed by atoms with E-state index in [0.29, 0.717) is 32.5 Å². The van der Waals surface area contributed by atoms with E-state index >= 15 is 0 Å². The number of carbonyl (C=O) groups excluding carboxylic acids is 1. The average Bonchev–Trinajstić information content (AvgIpc) is 2.90. The van der Waals surface area contributed by atoms with Crippen LogP contribution < -0.4 is 20.1 Å². The van der Waals surface area contributed by atoms with Crippen LogP contribution >= 0.6 is 0 Å². The fourth-order valence-electron chi connectivity index (χ4n) is 2.45. The smallest absolute Gasteiger partial charge is 0.221 e. The number of sulfone groups is 1. The van der Waals surface area contributed by atoms with Crippen LogP contribution in [0, 0.1) is 0 Å². The van der Waals surface area contributed by atoms with Gasteiger partial charge in [-0.3, -0.25) is 4.79 Å². The first-order valence-corrected chi connectivity index (χ1v) is 9.78. The fourth-order valence-corrected chi connectivity index (χ4v) is 4.12. The molecular formula is C16H24N2O5S. The Labute approximate surface area is 142 Å². The standard InChI is InChI=1S/C16H24N2O5S/c1-22-14-2-4-15(5-3-14)23-10-9-17-8-6-16(19)18-13-7-11-24(20,21)12-13/h2-5,13,17H,6-12H2,1H3,(H,18,19). The van der Waals surface area contributed by atoms with Crippen molar-refractivity contribution in [3.8, 4) is 11.5 Å². The summed E-state index contributed by atoms with van der Waals surface area (Å²) in [4.78, 5) is 11.7. The second kappa shape index (κ2) is 8.89. The molecule has 0 radical (unpaired) electrons. The molecule has 1 fully saturated rings. The van der Waals surface area contributed by atoms with Crippen LogP contribution in [0.25, 0.3) is 0 Å². The first-order valence-electron chi connectivity index (χ1n) is 7.96. The lowest BCUT2D eigenvalue weighted by atomic mass is 10.2. The van der Waals surface area contributed by atoms with Crippen molar-refractivity contribution in [1.82, 2.24) is 10.6 Å². The molecular weight excluding hydrogens is 332 g/mol. The molecule has 2 N–H and O–H groups in total. The lowest BCUT2D eigenvalue weighted by Gasteiger charge is -2.11. The molecule has 2 rings (SSSR count). The van der Waals surface area contributed by atoms with Crippen molar-refractivity contribution in [2.24, 2.45) is 0 Å². The summed E-state index contributed by atoms with van der Waals surface area (Å²) in [5.41, 5.74) is 0. The Morgan fingerprint density at radius 3 is 2.54 bits per heavy atom. The monoisotopic (exact) mass is 356 g/mol. The van der Waals surface area contributed by atoms with E-state index < -0.39 is 9.84 Å². The van der Waals surface area contributed by atoms with E-state index in [2.05, 4.69) is 10.6 Å². The van der Waals surface area contributed by atoms with Crippen molar-refractivity contribution in [2.45, 2.75) is 18.9 Å². The summed E-state index contributed by atoms with van der Waals surface area (Å²) in [5.74, 6) is 1.64. The minimum absolute atomic E-state index is 0.0574. The number of methoxy groups -OCH3 is 1. The minimum Gasteiger partial charge on any atom is -0.497 e. The van der Waals surface area contributed by atoms with Gasteiger partial charge in [0.15, 0.2) is 9.84 Å². The molecule has 0 aliphatic carbocycles. The zero-order valence-electron chi connectivity index (χ0n) is 13.8. The number of carbonyl (C=O) groups is 1. The number of hydrogen-bond donors (Lipinski definition) is 2. The Hall–Kier alpha value is -1.80. The van der Waals surface area contributed by atoms with Gasteiger partial charge < -0.3 is 20.1 Å². The van der Waals surface area contributed by atoms with Crippen LogP contribution in [0.1, 0.15) is 12.8 Å². The molecule has 0 spiro atoms. The quantitative estimate of drug-likeness (QED) is 0.621. The number of ether oxygens (including phenoxy) is 2. The lowest BCUT2D eigenvalue weighted by molar-refractivity contribution is -0.121. The Kier molecular flexibility index (Phi) is 6.86. The van der Waals surface area contributed by atoms with Gasteiger partial charge in [-0.15, -0.1) is 0 Å². The van der Waals surface area contributed by atoms with Crippen LogP contribution in [0.3, 0.4) is 0 Å². The molecule has 1 amide bonds. The highest BCUT2D eigenvalue weighted by Gasteiger charge is 2.28. The van der Waals surface area contributed by atoms with E-state index in [4.69, 9.17) is 9.47 Å². The largest absolute Gasteiger partial charge is 0.497 e. The van der Waals surface area contributed by atoms with Crippen molar-refractivity contribution >= 4 is 15.7 Å². The molecule has 1 aromatic carbocycles. The minimum atomic E-state index is -2.96. The predicted molar refractivity (Wildman–Crippen MR) is 91.2 cm³/mol. The maximum absolute atomic E-state index is 11.7. The van der Waals surface area contributed by atoms with Crippen molar-refractivity contribution < 1.29 is 22.7 Å². The highest BCUT2D eigenvalue weighted by molar-refractivity contribution is 7.91. The summed E-state index contributed by atoms with van der Waals surface area (Å²) in [5, 5.41) is 5.88. The van der Waals surface area contributed by atoms with Gasteiger partial charge in [0.2, 0.25) is 5.91 Å². The van der Waals surface area contributed by atoms with Crippen molar-refractivity contribution in [2.75, 3.05) is 38.3 Å². The van der Waals surface area contributed by atoms with Crippen molar-refractivity contribution in [3.63, 3.8) is 0 Å². The first kappa shape index (κ1) is 18.5. The van der Waals surface area contributed by atoms with Gasteiger partial charge >= 0.3 is 0 Å². The Balaban J connectivity index is 1.52. The first-order chi connectivity index (χ1) is 11.5. The number of hydrogen-bond acceptors (Lipinski definition) is 6. The van der Waals surface area contributed by atoms with Crippen LogP contribution in [-0.4, -0.2) is 58.7 Å². The van der Waals surface area contributed by atoms with Crippen LogP contribution in [0.15, 0.2) is 24.3 Å². The van der Waals surface area contributed by atoms with Gasteiger partial charge in [0.1, 0.15) is 18.1 Å². The van der Waals surface area contributed by atoms with E-state index in [1.807, 2.05) is 24.3 Å². The second-order valence-corrected chi connectivity index (χ2v) is 7.92. The highest BCUT2D eigenvalue weighted by atomic mass is 32.2. The van der Waals surface area contributed by atoms with E-state index in [-0.39, 0.29) is 23.5 Å². The molecule has 0 saturated carbocycles. The zero-order valence-corrected chi connectivity index (χ0v) is 14.6. The molecule has 1 aromatic rings. The molecule has 1 atom stereocenters. The summed E-state index contributed by atoms with van der Waals surface area (Å²) in [6.45, 7) is 1.64. The molecule has 7 nitrogen and oxygen atoms in total. The molecule has 0 bridgehead atoms. The van der Waals surface area contributed by atoms with E-state index in [9.17, 15) is 13.2 Å². The third-order valence-electron chi connectivity index (χ3n) is 3.73. The van der Waals surface area contributed by atoms with Gasteiger partial charge in [-0.05, 0) is 30.7 Å². The van der Waals surface area contributed by atoms with Crippen molar-refractivity contribution in [3.05, 3.63) is 24.3 Å². The average molecular weight is 356 g/mol. The third-order valence-corrected chi connectivity index (χ3v) is 5.50. The molecule has 8 heteroatoms. The molecule has 1 aliphatic rings. The van der Waals surface area contributed by atoms with E-state index in [0.717, 1.165) is 11.5 Å². The van der Waals surface area contributed by atoms with Gasteiger partial charge in [0.25, 0.3) is 0 Å². The maximum atomic E-state index is 11.7. The second-order valence-electron chi connectivity index (χ2n) is 5.69. The Morgan fingerprint density at radius 1 is 1.21 bits per heavy atom. The predicted octanol–water partition coefficient (Wildman–Crippen LogP) is 0.357. The third kappa shape index (κ3) is 6.37. The summed E-state index contributed by atoms with van der Waals surface area (Å²) >= 11 is 0. The topological polar surface area (TPSA) is 93.7 Å². The number of amides is 1.